The number of nitrogens with one attached hydrogen (secondary N) is 1. The van der Waals surface area contributed by atoms with Crippen molar-refractivity contribution in [2.45, 2.75) is 27.7 Å². The van der Waals surface area contributed by atoms with Crippen molar-refractivity contribution in [2.24, 2.45) is 0 Å². The normalized spacial score (nSPS) is 10.9. The lowest BCUT2D eigenvalue weighted by molar-refractivity contribution is 0.0527. The zero-order valence-corrected chi connectivity index (χ0v) is 19.8. The van der Waals surface area contributed by atoms with Crippen LogP contribution < -0.4 is 10.1 Å². The third-order valence-electron chi connectivity index (χ3n) is 5.51. The van der Waals surface area contributed by atoms with Crippen molar-refractivity contribution in [1.82, 2.24) is 14.8 Å². The molecule has 0 aliphatic carbocycles. The first-order valence-electron chi connectivity index (χ1n) is 10.9. The topological polar surface area (TPSA) is 95.3 Å². The van der Waals surface area contributed by atoms with Crippen molar-refractivity contribution in [3.8, 4) is 11.6 Å². The van der Waals surface area contributed by atoms with Crippen molar-refractivity contribution in [3.63, 3.8) is 0 Å². The number of nitrogens with zero attached hydrogens (tertiary/aromatic N) is 3. The highest BCUT2D eigenvalue weighted by Gasteiger charge is 2.24. The van der Waals surface area contributed by atoms with Crippen molar-refractivity contribution < 1.29 is 19.1 Å². The molecule has 2 aromatic heterocycles. The van der Waals surface area contributed by atoms with Gasteiger partial charge in [-0.15, -0.1) is 0 Å². The summed E-state index contributed by atoms with van der Waals surface area (Å²) >= 11 is 0. The van der Waals surface area contributed by atoms with Crippen LogP contribution in [0.1, 0.15) is 44.3 Å². The Morgan fingerprint density at radius 2 is 1.79 bits per heavy atom. The number of esters is 1. The number of amides is 1. The molecule has 0 saturated carbocycles. The van der Waals surface area contributed by atoms with Gasteiger partial charge in [0.2, 0.25) is 0 Å². The maximum absolute atomic E-state index is 13.2. The molecule has 174 valence electrons. The van der Waals surface area contributed by atoms with E-state index in [0.29, 0.717) is 17.1 Å². The van der Waals surface area contributed by atoms with Crippen molar-refractivity contribution >= 4 is 28.6 Å². The van der Waals surface area contributed by atoms with Crippen LogP contribution in [-0.2, 0) is 4.74 Å². The van der Waals surface area contributed by atoms with Gasteiger partial charge in [0.1, 0.15) is 11.3 Å². The Hall–Kier alpha value is -4.20. The van der Waals surface area contributed by atoms with Gasteiger partial charge in [0.05, 0.1) is 31.0 Å². The minimum Gasteiger partial charge on any atom is -0.496 e. The number of benzene rings is 2. The first-order valence-corrected chi connectivity index (χ1v) is 10.9. The average molecular weight is 459 g/mol. The molecule has 8 heteroatoms. The standard InChI is InChI=1S/C26H26N4O4/c1-6-34-26(32)20-14-27-30(24(20)29-25(31)18-9-7-8-10-21(18)33-5)22-13-16(3)19-12-15(2)11-17(4)23(19)28-22/h7-14H,6H2,1-5H3,(H,29,31). The molecule has 0 radical (unpaired) electrons. The quantitative estimate of drug-likeness (QED) is 0.418. The van der Waals surface area contributed by atoms with E-state index < -0.39 is 11.9 Å². The Morgan fingerprint density at radius 1 is 1.03 bits per heavy atom. The molecule has 4 rings (SSSR count). The third kappa shape index (κ3) is 4.22. The van der Waals surface area contributed by atoms with E-state index in [-0.39, 0.29) is 18.0 Å². The highest BCUT2D eigenvalue weighted by molar-refractivity contribution is 6.09. The molecule has 0 unspecified atom stereocenters. The summed E-state index contributed by atoms with van der Waals surface area (Å²) in [6.07, 6.45) is 1.37. The van der Waals surface area contributed by atoms with Gasteiger partial charge in [0.15, 0.2) is 11.6 Å². The number of ether oxygens (including phenoxy) is 2. The number of hydrogen-bond acceptors (Lipinski definition) is 6. The summed E-state index contributed by atoms with van der Waals surface area (Å²) < 4.78 is 12.0. The second kappa shape index (κ2) is 9.35. The Morgan fingerprint density at radius 3 is 2.53 bits per heavy atom. The zero-order chi connectivity index (χ0) is 24.4. The zero-order valence-electron chi connectivity index (χ0n) is 19.8. The average Bonchev–Trinajstić information content (AvgIpc) is 3.23. The van der Waals surface area contributed by atoms with Gasteiger partial charge in [0, 0.05) is 5.39 Å². The van der Waals surface area contributed by atoms with E-state index in [1.165, 1.54) is 18.0 Å². The SMILES string of the molecule is CCOC(=O)c1cnn(-c2cc(C)c3cc(C)cc(C)c3n2)c1NC(=O)c1ccccc1OC. The fraction of sp³-hybridized carbons (Fsp3) is 0.231. The van der Waals surface area contributed by atoms with Crippen molar-refractivity contribution in [2.75, 3.05) is 19.0 Å². The molecular weight excluding hydrogens is 432 g/mol. The third-order valence-corrected chi connectivity index (χ3v) is 5.51. The Balaban J connectivity index is 1.86. The number of carbonyl (C=O) groups is 2. The molecule has 2 aromatic carbocycles. The first kappa shape index (κ1) is 23.0. The summed E-state index contributed by atoms with van der Waals surface area (Å²) in [4.78, 5) is 30.6. The minimum atomic E-state index is -0.589. The van der Waals surface area contributed by atoms with Crippen molar-refractivity contribution in [3.05, 3.63) is 76.5 Å². The summed E-state index contributed by atoms with van der Waals surface area (Å²) in [5.41, 5.74) is 4.46. The van der Waals surface area contributed by atoms with Gasteiger partial charge in [-0.1, -0.05) is 23.8 Å². The van der Waals surface area contributed by atoms with Crippen LogP contribution in [0.2, 0.25) is 0 Å². The lowest BCUT2D eigenvalue weighted by Gasteiger charge is -2.14. The number of anilines is 1. The van der Waals surface area contributed by atoms with E-state index in [2.05, 4.69) is 22.5 Å². The predicted octanol–water partition coefficient (Wildman–Crippen LogP) is 4.78. The summed E-state index contributed by atoms with van der Waals surface area (Å²) in [7, 11) is 1.49. The van der Waals surface area contributed by atoms with Gasteiger partial charge < -0.3 is 14.8 Å². The maximum Gasteiger partial charge on any atom is 0.343 e. The number of aryl methyl sites for hydroxylation is 3. The number of carbonyl (C=O) groups excluding carboxylic acids is 2. The smallest absolute Gasteiger partial charge is 0.343 e. The van der Waals surface area contributed by atoms with Crippen LogP contribution in [0.4, 0.5) is 5.82 Å². The molecule has 0 aliphatic rings. The van der Waals surface area contributed by atoms with E-state index in [1.54, 1.807) is 31.2 Å². The van der Waals surface area contributed by atoms with E-state index in [0.717, 1.165) is 27.6 Å². The number of para-hydroxylation sites is 1. The summed E-state index contributed by atoms with van der Waals surface area (Å²) in [5.74, 6) is 0.0186. The second-order valence-corrected chi connectivity index (χ2v) is 7.97. The van der Waals surface area contributed by atoms with E-state index in [9.17, 15) is 9.59 Å². The molecule has 0 bridgehead atoms. The van der Waals surface area contributed by atoms with Crippen LogP contribution in [0.25, 0.3) is 16.7 Å². The van der Waals surface area contributed by atoms with Crippen LogP contribution in [0.15, 0.2) is 48.7 Å². The molecule has 0 atom stereocenters. The van der Waals surface area contributed by atoms with Gasteiger partial charge in [-0.05, 0) is 63.1 Å². The lowest BCUT2D eigenvalue weighted by Crippen LogP contribution is -2.19. The number of rotatable bonds is 6. The molecule has 2 heterocycles. The van der Waals surface area contributed by atoms with Gasteiger partial charge in [-0.2, -0.15) is 9.78 Å². The van der Waals surface area contributed by atoms with Crippen LogP contribution in [0.5, 0.6) is 5.75 Å². The molecule has 0 saturated heterocycles. The van der Waals surface area contributed by atoms with Crippen molar-refractivity contribution in [1.29, 1.82) is 0 Å². The summed E-state index contributed by atoms with van der Waals surface area (Å²) in [5, 5.41) is 8.24. The monoisotopic (exact) mass is 458 g/mol. The van der Waals surface area contributed by atoms with Gasteiger partial charge >= 0.3 is 5.97 Å². The molecule has 1 N–H and O–H groups in total. The van der Waals surface area contributed by atoms with Gasteiger partial charge in [-0.25, -0.2) is 9.78 Å². The molecule has 1 amide bonds. The molecular formula is C26H26N4O4. The van der Waals surface area contributed by atoms with Crippen LogP contribution in [-0.4, -0.2) is 40.4 Å². The molecule has 0 spiro atoms. The Bertz CT molecular complexity index is 1410. The number of methoxy groups -OCH3 is 1. The highest BCUT2D eigenvalue weighted by Crippen LogP contribution is 2.28. The fourth-order valence-electron chi connectivity index (χ4n) is 3.94. The van der Waals surface area contributed by atoms with E-state index in [1.807, 2.05) is 26.8 Å². The molecule has 4 aromatic rings. The maximum atomic E-state index is 13.2. The van der Waals surface area contributed by atoms with Gasteiger partial charge in [-0.3, -0.25) is 4.79 Å². The summed E-state index contributed by atoms with van der Waals surface area (Å²) in [6.45, 7) is 7.95. The predicted molar refractivity (Wildman–Crippen MR) is 130 cm³/mol. The molecule has 0 fully saturated rings. The van der Waals surface area contributed by atoms with Gasteiger partial charge in [0.25, 0.3) is 5.91 Å². The Kier molecular flexibility index (Phi) is 6.32. The number of pyridine rings is 1. The number of aromatic nitrogens is 3. The Labute approximate surface area is 197 Å². The van der Waals surface area contributed by atoms with E-state index >= 15 is 0 Å². The van der Waals surface area contributed by atoms with Crippen LogP contribution in [0, 0.1) is 20.8 Å². The fourth-order valence-corrected chi connectivity index (χ4v) is 3.94. The van der Waals surface area contributed by atoms with Crippen LogP contribution in [0.3, 0.4) is 0 Å². The molecule has 34 heavy (non-hydrogen) atoms. The summed E-state index contributed by atoms with van der Waals surface area (Å²) in [6, 6.07) is 12.9. The number of fused-ring (bicyclic) bond motifs is 1. The molecule has 8 nitrogen and oxygen atoms in total. The van der Waals surface area contributed by atoms with E-state index in [4.69, 9.17) is 14.5 Å². The minimum absolute atomic E-state index is 0.130. The highest BCUT2D eigenvalue weighted by atomic mass is 16.5. The first-order chi connectivity index (χ1) is 16.3. The second-order valence-electron chi connectivity index (χ2n) is 7.97. The lowest BCUT2D eigenvalue weighted by atomic mass is 10.0. The van der Waals surface area contributed by atoms with Crippen LogP contribution >= 0.6 is 0 Å². The molecule has 0 aliphatic heterocycles. The number of hydrogen-bond donors (Lipinski definition) is 1. The largest absolute Gasteiger partial charge is 0.496 e.